The van der Waals surface area contributed by atoms with Crippen LogP contribution in [0.5, 0.6) is 0 Å². The SMILES string of the molecule is CCCO[Si](CCc1cc(F)c(F)c(F)c1)(OCCC)OCCC. The van der Waals surface area contributed by atoms with E-state index in [9.17, 15) is 13.2 Å². The Morgan fingerprint density at radius 2 is 1.21 bits per heavy atom. The molecule has 0 radical (unpaired) electrons. The lowest BCUT2D eigenvalue weighted by molar-refractivity contribution is 0.0593. The van der Waals surface area contributed by atoms with Crippen LogP contribution in [0.4, 0.5) is 13.2 Å². The molecule has 0 unspecified atom stereocenters. The molecule has 7 heteroatoms. The summed E-state index contributed by atoms with van der Waals surface area (Å²) in [4.78, 5) is 0. The largest absolute Gasteiger partial charge is 0.501 e. The van der Waals surface area contributed by atoms with Crippen LogP contribution in [0.3, 0.4) is 0 Å². The summed E-state index contributed by atoms with van der Waals surface area (Å²) in [6.07, 6.45) is 2.76. The third-order valence-corrected chi connectivity index (χ3v) is 6.14. The number of aryl methyl sites for hydroxylation is 1. The fraction of sp³-hybridized carbons (Fsp3) is 0.647. The van der Waals surface area contributed by atoms with Crippen molar-refractivity contribution in [1.82, 2.24) is 0 Å². The Kier molecular flexibility index (Phi) is 9.58. The van der Waals surface area contributed by atoms with E-state index in [4.69, 9.17) is 13.3 Å². The Balaban J connectivity index is 2.88. The minimum Gasteiger partial charge on any atom is -0.373 e. The second-order valence-corrected chi connectivity index (χ2v) is 8.33. The average Bonchev–Trinajstić information content (AvgIpc) is 2.58. The Hall–Kier alpha value is -0.893. The van der Waals surface area contributed by atoms with E-state index in [2.05, 4.69) is 0 Å². The molecule has 0 heterocycles. The molecule has 0 aromatic heterocycles. The Morgan fingerprint density at radius 3 is 1.58 bits per heavy atom. The molecule has 3 nitrogen and oxygen atoms in total. The van der Waals surface area contributed by atoms with E-state index in [1.54, 1.807) is 0 Å². The molecule has 0 aliphatic rings. The highest BCUT2D eigenvalue weighted by Gasteiger charge is 2.40. The summed E-state index contributed by atoms with van der Waals surface area (Å²) in [5.41, 5.74) is 0.364. The summed E-state index contributed by atoms with van der Waals surface area (Å²) >= 11 is 0. The predicted molar refractivity (Wildman–Crippen MR) is 89.3 cm³/mol. The normalized spacial score (nSPS) is 11.9. The molecular formula is C17H27F3O3Si. The number of hydrogen-bond donors (Lipinski definition) is 0. The second-order valence-electron chi connectivity index (χ2n) is 5.60. The zero-order valence-electron chi connectivity index (χ0n) is 14.7. The van der Waals surface area contributed by atoms with Crippen molar-refractivity contribution in [3.8, 4) is 0 Å². The van der Waals surface area contributed by atoms with Crippen molar-refractivity contribution in [1.29, 1.82) is 0 Å². The van der Waals surface area contributed by atoms with E-state index < -0.39 is 26.3 Å². The topological polar surface area (TPSA) is 27.7 Å². The monoisotopic (exact) mass is 364 g/mol. The lowest BCUT2D eigenvalue weighted by atomic mass is 10.1. The highest BCUT2D eigenvalue weighted by atomic mass is 28.4. The van der Waals surface area contributed by atoms with Crippen molar-refractivity contribution in [2.75, 3.05) is 19.8 Å². The lowest BCUT2D eigenvalue weighted by Crippen LogP contribution is -2.47. The van der Waals surface area contributed by atoms with Gasteiger partial charge in [0.05, 0.1) is 0 Å². The third-order valence-electron chi connectivity index (χ3n) is 3.34. The van der Waals surface area contributed by atoms with Crippen molar-refractivity contribution in [3.05, 3.63) is 35.1 Å². The molecular weight excluding hydrogens is 337 g/mol. The molecule has 0 saturated heterocycles. The summed E-state index contributed by atoms with van der Waals surface area (Å²) < 4.78 is 57.6. The fourth-order valence-electron chi connectivity index (χ4n) is 2.16. The second kappa shape index (κ2) is 10.9. The van der Waals surface area contributed by atoms with Gasteiger partial charge in [-0.25, -0.2) is 13.2 Å². The van der Waals surface area contributed by atoms with E-state index in [1.807, 2.05) is 20.8 Å². The smallest absolute Gasteiger partial charge is 0.373 e. The van der Waals surface area contributed by atoms with E-state index in [0.29, 0.717) is 37.8 Å². The maximum Gasteiger partial charge on any atom is 0.501 e. The predicted octanol–water partition coefficient (Wildman–Crippen LogP) is 4.87. The van der Waals surface area contributed by atoms with Crippen LogP contribution in [0.2, 0.25) is 6.04 Å². The molecule has 0 N–H and O–H groups in total. The Labute approximate surface area is 143 Å². The Morgan fingerprint density at radius 1 is 0.792 bits per heavy atom. The van der Waals surface area contributed by atoms with Crippen molar-refractivity contribution in [2.45, 2.75) is 52.5 Å². The van der Waals surface area contributed by atoms with Gasteiger partial charge in [0.25, 0.3) is 0 Å². The van der Waals surface area contributed by atoms with Crippen LogP contribution in [0, 0.1) is 17.5 Å². The van der Waals surface area contributed by atoms with Gasteiger partial charge in [-0.15, -0.1) is 0 Å². The van der Waals surface area contributed by atoms with Gasteiger partial charge in [0, 0.05) is 25.9 Å². The molecule has 1 aromatic carbocycles. The highest BCUT2D eigenvalue weighted by Crippen LogP contribution is 2.22. The molecule has 1 rings (SSSR count). The molecule has 0 aliphatic heterocycles. The van der Waals surface area contributed by atoms with Crippen LogP contribution in [-0.2, 0) is 19.7 Å². The summed E-state index contributed by atoms with van der Waals surface area (Å²) in [6.45, 7) is 7.49. The highest BCUT2D eigenvalue weighted by molar-refractivity contribution is 6.60. The minimum atomic E-state index is -2.93. The van der Waals surface area contributed by atoms with Gasteiger partial charge in [-0.3, -0.25) is 0 Å². The van der Waals surface area contributed by atoms with Crippen molar-refractivity contribution < 1.29 is 26.4 Å². The number of rotatable bonds is 12. The van der Waals surface area contributed by atoms with Gasteiger partial charge in [-0.2, -0.15) is 0 Å². The first-order valence-electron chi connectivity index (χ1n) is 8.53. The molecule has 24 heavy (non-hydrogen) atoms. The van der Waals surface area contributed by atoms with Crippen LogP contribution in [0.1, 0.15) is 45.6 Å². The fourth-order valence-corrected chi connectivity index (χ4v) is 4.99. The summed E-state index contributed by atoms with van der Waals surface area (Å²) in [5, 5.41) is 0. The molecule has 0 spiro atoms. The van der Waals surface area contributed by atoms with Crippen LogP contribution in [-0.4, -0.2) is 28.6 Å². The quantitative estimate of drug-likeness (QED) is 0.391. The number of benzene rings is 1. The van der Waals surface area contributed by atoms with Crippen molar-refractivity contribution in [2.24, 2.45) is 0 Å². The van der Waals surface area contributed by atoms with E-state index in [1.165, 1.54) is 0 Å². The van der Waals surface area contributed by atoms with Crippen LogP contribution >= 0.6 is 0 Å². The minimum absolute atomic E-state index is 0.303. The zero-order valence-corrected chi connectivity index (χ0v) is 15.7. The van der Waals surface area contributed by atoms with Crippen LogP contribution < -0.4 is 0 Å². The molecule has 0 amide bonds. The molecule has 0 saturated carbocycles. The van der Waals surface area contributed by atoms with Gasteiger partial charge in [0.1, 0.15) is 0 Å². The molecule has 0 fully saturated rings. The van der Waals surface area contributed by atoms with Gasteiger partial charge in [0.15, 0.2) is 17.5 Å². The average molecular weight is 364 g/mol. The van der Waals surface area contributed by atoms with Crippen molar-refractivity contribution in [3.63, 3.8) is 0 Å². The maximum atomic E-state index is 13.4. The molecule has 138 valence electrons. The molecule has 0 aliphatic carbocycles. The first-order valence-corrected chi connectivity index (χ1v) is 10.5. The van der Waals surface area contributed by atoms with Crippen molar-refractivity contribution >= 4 is 8.80 Å². The van der Waals surface area contributed by atoms with Gasteiger partial charge >= 0.3 is 8.80 Å². The number of hydrogen-bond acceptors (Lipinski definition) is 3. The Bertz CT molecular complexity index is 455. The standard InChI is InChI=1S/C17H27F3O3Si/c1-4-8-21-24(22-9-5-2,23-10-6-3)11-7-14-12-15(18)17(20)16(19)13-14/h12-13H,4-11H2,1-3H3. The molecule has 0 bridgehead atoms. The maximum absolute atomic E-state index is 13.4. The zero-order chi connectivity index (χ0) is 18.0. The first-order chi connectivity index (χ1) is 11.5. The lowest BCUT2D eigenvalue weighted by Gasteiger charge is -2.29. The van der Waals surface area contributed by atoms with E-state index in [-0.39, 0.29) is 0 Å². The molecule has 0 atom stereocenters. The van der Waals surface area contributed by atoms with Gasteiger partial charge in [-0.1, -0.05) is 20.8 Å². The first kappa shape index (κ1) is 21.2. The van der Waals surface area contributed by atoms with Gasteiger partial charge in [-0.05, 0) is 43.4 Å². The van der Waals surface area contributed by atoms with Gasteiger partial charge in [0.2, 0.25) is 0 Å². The number of halogens is 3. The van der Waals surface area contributed by atoms with Gasteiger partial charge < -0.3 is 13.3 Å². The van der Waals surface area contributed by atoms with Crippen LogP contribution in [0.25, 0.3) is 0 Å². The molecule has 1 aromatic rings. The van der Waals surface area contributed by atoms with E-state index in [0.717, 1.165) is 31.4 Å². The third kappa shape index (κ3) is 6.55. The summed E-state index contributed by atoms with van der Waals surface area (Å²) in [6, 6.07) is 2.42. The summed E-state index contributed by atoms with van der Waals surface area (Å²) in [5.74, 6) is -3.82. The summed E-state index contributed by atoms with van der Waals surface area (Å²) in [7, 11) is -2.93. The van der Waals surface area contributed by atoms with E-state index >= 15 is 0 Å². The van der Waals surface area contributed by atoms with Crippen LogP contribution in [0.15, 0.2) is 12.1 Å².